The number of methoxy groups -OCH3 is 1. The Balaban J connectivity index is 2.03. The van der Waals surface area contributed by atoms with Crippen LogP contribution < -0.4 is 5.32 Å². The number of carbonyl (C=O) groups excluding carboxylic acids is 1. The Morgan fingerprint density at radius 3 is 3.19 bits per heavy atom. The van der Waals surface area contributed by atoms with Gasteiger partial charge >= 0.3 is 0 Å². The molecule has 0 aliphatic rings. The smallest absolute Gasteiger partial charge is 0.269 e. The summed E-state index contributed by atoms with van der Waals surface area (Å²) in [6.45, 7) is 0.413. The molecule has 0 atom stereocenters. The van der Waals surface area contributed by atoms with E-state index in [0.717, 1.165) is 5.01 Å². The first-order valence-electron chi connectivity index (χ1n) is 4.30. The summed E-state index contributed by atoms with van der Waals surface area (Å²) in [5.41, 5.74) is 1.55. The molecule has 2 rings (SSSR count). The monoisotopic (exact) mass is 256 g/mol. The molecule has 0 unspecified atom stereocenters. The van der Waals surface area contributed by atoms with Gasteiger partial charge in [-0.3, -0.25) is 10.1 Å². The van der Waals surface area contributed by atoms with Crippen LogP contribution in [0.1, 0.15) is 14.7 Å². The van der Waals surface area contributed by atoms with E-state index >= 15 is 0 Å². The van der Waals surface area contributed by atoms with E-state index in [1.54, 1.807) is 12.6 Å². The average molecular weight is 256 g/mol. The molecule has 84 valence electrons. The molecule has 0 bridgehead atoms. The summed E-state index contributed by atoms with van der Waals surface area (Å²) in [6, 6.07) is 0. The number of carbonyl (C=O) groups is 1. The number of nitrogens with one attached hydrogen (secondary N) is 1. The zero-order valence-corrected chi connectivity index (χ0v) is 9.97. The standard InChI is InChI=1S/C8H8N4O2S2/c1-14-3-6-9-2-5(16-6)7(13)11-8-12-10-4-15-8/h2,4H,3H2,1H3,(H,11,12,13). The first-order valence-corrected chi connectivity index (χ1v) is 6.00. The van der Waals surface area contributed by atoms with Crippen LogP contribution in [-0.4, -0.2) is 28.2 Å². The van der Waals surface area contributed by atoms with Crippen LogP contribution in [0.2, 0.25) is 0 Å². The van der Waals surface area contributed by atoms with Gasteiger partial charge in [0, 0.05) is 7.11 Å². The molecule has 0 spiro atoms. The van der Waals surface area contributed by atoms with Crippen LogP contribution in [-0.2, 0) is 11.3 Å². The summed E-state index contributed by atoms with van der Waals surface area (Å²) in [6.07, 6.45) is 1.52. The van der Waals surface area contributed by atoms with Crippen molar-refractivity contribution in [3.63, 3.8) is 0 Å². The van der Waals surface area contributed by atoms with Gasteiger partial charge in [-0.05, 0) is 0 Å². The lowest BCUT2D eigenvalue weighted by Gasteiger charge is -1.95. The average Bonchev–Trinajstić information content (AvgIpc) is 2.89. The van der Waals surface area contributed by atoms with Crippen molar-refractivity contribution in [1.82, 2.24) is 15.2 Å². The molecule has 16 heavy (non-hydrogen) atoms. The van der Waals surface area contributed by atoms with Crippen molar-refractivity contribution in [2.24, 2.45) is 0 Å². The lowest BCUT2D eigenvalue weighted by molar-refractivity contribution is 0.103. The van der Waals surface area contributed by atoms with Gasteiger partial charge in [0.1, 0.15) is 15.4 Å². The van der Waals surface area contributed by atoms with Gasteiger partial charge in [-0.15, -0.1) is 21.5 Å². The van der Waals surface area contributed by atoms with E-state index in [0.29, 0.717) is 16.6 Å². The van der Waals surface area contributed by atoms with Crippen LogP contribution in [0.4, 0.5) is 5.13 Å². The molecule has 2 aromatic heterocycles. The molecule has 0 saturated heterocycles. The summed E-state index contributed by atoms with van der Waals surface area (Å²) in [4.78, 5) is 16.3. The molecule has 0 saturated carbocycles. The molecule has 1 amide bonds. The quantitative estimate of drug-likeness (QED) is 0.894. The highest BCUT2D eigenvalue weighted by atomic mass is 32.1. The number of aromatic nitrogens is 3. The van der Waals surface area contributed by atoms with Gasteiger partial charge in [0.25, 0.3) is 5.91 Å². The van der Waals surface area contributed by atoms with Gasteiger partial charge in [0.15, 0.2) is 0 Å². The Kier molecular flexibility index (Phi) is 3.54. The largest absolute Gasteiger partial charge is 0.378 e. The van der Waals surface area contributed by atoms with Gasteiger partial charge in [-0.25, -0.2) is 4.98 Å². The van der Waals surface area contributed by atoms with E-state index in [9.17, 15) is 4.79 Å². The Morgan fingerprint density at radius 2 is 2.50 bits per heavy atom. The normalized spacial score (nSPS) is 10.3. The Hall–Kier alpha value is -1.38. The molecule has 8 heteroatoms. The predicted octanol–water partition coefficient (Wildman–Crippen LogP) is 1.39. The highest BCUT2D eigenvalue weighted by Crippen LogP contribution is 2.16. The van der Waals surface area contributed by atoms with Gasteiger partial charge in [-0.1, -0.05) is 11.3 Å². The molecule has 0 radical (unpaired) electrons. The van der Waals surface area contributed by atoms with E-state index in [-0.39, 0.29) is 5.91 Å². The predicted molar refractivity (Wildman–Crippen MR) is 60.7 cm³/mol. The molecule has 1 N–H and O–H groups in total. The van der Waals surface area contributed by atoms with E-state index < -0.39 is 0 Å². The molecular weight excluding hydrogens is 248 g/mol. The van der Waals surface area contributed by atoms with Crippen molar-refractivity contribution in [3.8, 4) is 0 Å². The first-order chi connectivity index (χ1) is 7.79. The number of nitrogens with zero attached hydrogens (tertiary/aromatic N) is 3. The number of rotatable bonds is 4. The zero-order chi connectivity index (χ0) is 11.4. The van der Waals surface area contributed by atoms with Crippen molar-refractivity contribution >= 4 is 33.7 Å². The SMILES string of the molecule is COCc1ncc(C(=O)Nc2nncs2)s1. The van der Waals surface area contributed by atoms with Gasteiger partial charge in [0.2, 0.25) is 5.13 Å². The third-order valence-electron chi connectivity index (χ3n) is 1.63. The number of amides is 1. The summed E-state index contributed by atoms with van der Waals surface area (Å²) in [7, 11) is 1.59. The van der Waals surface area contributed by atoms with Crippen LogP contribution in [0, 0.1) is 0 Å². The maximum atomic E-state index is 11.7. The van der Waals surface area contributed by atoms with Gasteiger partial charge in [0.05, 0.1) is 12.8 Å². The van der Waals surface area contributed by atoms with Crippen molar-refractivity contribution in [1.29, 1.82) is 0 Å². The van der Waals surface area contributed by atoms with Crippen LogP contribution in [0.3, 0.4) is 0 Å². The van der Waals surface area contributed by atoms with Crippen molar-refractivity contribution in [3.05, 3.63) is 21.6 Å². The van der Waals surface area contributed by atoms with E-state index in [2.05, 4.69) is 20.5 Å². The topological polar surface area (TPSA) is 77.0 Å². The highest BCUT2D eigenvalue weighted by molar-refractivity contribution is 7.14. The maximum absolute atomic E-state index is 11.7. The van der Waals surface area contributed by atoms with Crippen LogP contribution in [0.5, 0.6) is 0 Å². The second-order valence-corrected chi connectivity index (χ2v) is 4.70. The number of ether oxygens (including phenoxy) is 1. The number of hydrogen-bond donors (Lipinski definition) is 1. The molecule has 0 aliphatic carbocycles. The van der Waals surface area contributed by atoms with Crippen LogP contribution in [0.25, 0.3) is 0 Å². The second kappa shape index (κ2) is 5.10. The molecule has 6 nitrogen and oxygen atoms in total. The number of anilines is 1. The summed E-state index contributed by atoms with van der Waals surface area (Å²) in [5, 5.41) is 11.2. The van der Waals surface area contributed by atoms with Gasteiger partial charge in [-0.2, -0.15) is 0 Å². The molecule has 0 fully saturated rings. The fourth-order valence-corrected chi connectivity index (χ4v) is 2.22. The van der Waals surface area contributed by atoms with Crippen molar-refractivity contribution < 1.29 is 9.53 Å². The first kappa shape index (κ1) is 11.1. The summed E-state index contributed by atoms with van der Waals surface area (Å²) >= 11 is 2.56. The van der Waals surface area contributed by atoms with Crippen LogP contribution in [0.15, 0.2) is 11.7 Å². The van der Waals surface area contributed by atoms with Crippen molar-refractivity contribution in [2.75, 3.05) is 12.4 Å². The third-order valence-corrected chi connectivity index (χ3v) is 3.20. The lowest BCUT2D eigenvalue weighted by Crippen LogP contribution is -2.09. The minimum atomic E-state index is -0.225. The molecule has 0 aliphatic heterocycles. The minimum absolute atomic E-state index is 0.225. The Labute approximate surface area is 99.3 Å². The maximum Gasteiger partial charge on any atom is 0.269 e. The molecular formula is C8H8N4O2S2. The fourth-order valence-electron chi connectivity index (χ4n) is 0.992. The fraction of sp³-hybridized carbons (Fsp3) is 0.250. The zero-order valence-electron chi connectivity index (χ0n) is 8.34. The van der Waals surface area contributed by atoms with Crippen LogP contribution >= 0.6 is 22.7 Å². The third kappa shape index (κ3) is 2.60. The summed E-state index contributed by atoms with van der Waals surface area (Å²) in [5.74, 6) is -0.225. The lowest BCUT2D eigenvalue weighted by atomic mass is 10.5. The number of thiazole rings is 1. The second-order valence-electron chi connectivity index (χ2n) is 2.75. The molecule has 0 aromatic carbocycles. The minimum Gasteiger partial charge on any atom is -0.378 e. The van der Waals surface area contributed by atoms with E-state index in [1.807, 2.05) is 0 Å². The summed E-state index contributed by atoms with van der Waals surface area (Å²) < 4.78 is 4.92. The number of hydrogen-bond acceptors (Lipinski definition) is 7. The Bertz CT molecular complexity index is 468. The van der Waals surface area contributed by atoms with Crippen molar-refractivity contribution in [2.45, 2.75) is 6.61 Å². The molecule has 2 heterocycles. The highest BCUT2D eigenvalue weighted by Gasteiger charge is 2.11. The van der Waals surface area contributed by atoms with E-state index in [1.165, 1.54) is 28.9 Å². The Morgan fingerprint density at radius 1 is 1.62 bits per heavy atom. The molecule has 2 aromatic rings. The van der Waals surface area contributed by atoms with E-state index in [4.69, 9.17) is 4.74 Å². The van der Waals surface area contributed by atoms with Gasteiger partial charge < -0.3 is 4.74 Å².